The van der Waals surface area contributed by atoms with E-state index in [0.717, 1.165) is 22.9 Å². The standard InChI is InChI=1S/C34H31OP/c1-4-25(27-17-12-18-28(24-27)36(2,3)35)16-13-23-29-30-19-8-10-21-32(30)34(26-14-6-5-7-15-26)33-22-11-9-20-31(29)33/h4-22,24H,23H2,1-3H3/b16-13-,25-4+. The van der Waals surface area contributed by atoms with Crippen LogP contribution in [0.15, 0.2) is 121 Å². The zero-order valence-electron chi connectivity index (χ0n) is 21.1. The van der Waals surface area contributed by atoms with Crippen LogP contribution in [0.2, 0.25) is 0 Å². The summed E-state index contributed by atoms with van der Waals surface area (Å²) >= 11 is 0. The first-order valence-electron chi connectivity index (χ1n) is 12.4. The lowest BCUT2D eigenvalue weighted by Gasteiger charge is -2.16. The summed E-state index contributed by atoms with van der Waals surface area (Å²) in [6, 6.07) is 36.3. The van der Waals surface area contributed by atoms with E-state index in [1.54, 1.807) is 0 Å². The molecule has 5 rings (SSSR count). The molecule has 0 radical (unpaired) electrons. The molecular formula is C34H31OP. The van der Waals surface area contributed by atoms with Crippen molar-refractivity contribution in [2.45, 2.75) is 13.3 Å². The average Bonchev–Trinajstić information content (AvgIpc) is 2.90. The van der Waals surface area contributed by atoms with Gasteiger partial charge in [0.25, 0.3) is 0 Å². The van der Waals surface area contributed by atoms with Crippen LogP contribution in [0, 0.1) is 0 Å². The summed E-state index contributed by atoms with van der Waals surface area (Å²) in [5.74, 6) is 0. The van der Waals surface area contributed by atoms with Gasteiger partial charge in [0.05, 0.1) is 0 Å². The molecule has 0 saturated carbocycles. The SMILES string of the molecule is C/C=C(\C=C/Cc1c2ccccc2c(-c2ccccc2)c2ccccc12)c1cccc(P(C)(C)=O)c1. The minimum Gasteiger partial charge on any atom is -0.319 e. The van der Waals surface area contributed by atoms with Gasteiger partial charge in [0.1, 0.15) is 7.14 Å². The van der Waals surface area contributed by atoms with Gasteiger partial charge in [-0.1, -0.05) is 115 Å². The molecule has 5 aromatic rings. The number of fused-ring (bicyclic) bond motifs is 2. The fourth-order valence-corrected chi connectivity index (χ4v) is 5.93. The molecule has 0 heterocycles. The summed E-state index contributed by atoms with van der Waals surface area (Å²) in [4.78, 5) is 0. The number of allylic oxidation sites excluding steroid dienone is 4. The maximum absolute atomic E-state index is 12.6. The Bertz CT molecular complexity index is 1590. The molecule has 5 aromatic carbocycles. The summed E-state index contributed by atoms with van der Waals surface area (Å²) in [5.41, 5.74) is 6.12. The molecule has 178 valence electrons. The van der Waals surface area contributed by atoms with Crippen molar-refractivity contribution in [2.24, 2.45) is 0 Å². The van der Waals surface area contributed by atoms with Gasteiger partial charge in [-0.3, -0.25) is 0 Å². The molecule has 1 nitrogen and oxygen atoms in total. The molecule has 0 fully saturated rings. The zero-order chi connectivity index (χ0) is 25.1. The second-order valence-corrected chi connectivity index (χ2v) is 12.8. The first kappa shape index (κ1) is 24.0. The van der Waals surface area contributed by atoms with E-state index >= 15 is 0 Å². The molecule has 2 heteroatoms. The van der Waals surface area contributed by atoms with Crippen LogP contribution in [-0.4, -0.2) is 13.3 Å². The normalized spacial score (nSPS) is 12.6. The Morgan fingerprint density at radius 3 is 1.89 bits per heavy atom. The highest BCUT2D eigenvalue weighted by Gasteiger charge is 2.14. The topological polar surface area (TPSA) is 17.1 Å². The van der Waals surface area contributed by atoms with Crippen molar-refractivity contribution in [1.29, 1.82) is 0 Å². The average molecular weight is 487 g/mol. The Morgan fingerprint density at radius 1 is 0.722 bits per heavy atom. The minimum absolute atomic E-state index is 0.827. The maximum Gasteiger partial charge on any atom is 0.109 e. The van der Waals surface area contributed by atoms with E-state index in [0.29, 0.717) is 0 Å². The maximum atomic E-state index is 12.6. The van der Waals surface area contributed by atoms with Gasteiger partial charge in [-0.05, 0) is 82.1 Å². The molecule has 0 amide bonds. The van der Waals surface area contributed by atoms with Crippen molar-refractivity contribution in [3.63, 3.8) is 0 Å². The predicted molar refractivity (Wildman–Crippen MR) is 159 cm³/mol. The van der Waals surface area contributed by atoms with Crippen LogP contribution in [0.3, 0.4) is 0 Å². The molecule has 36 heavy (non-hydrogen) atoms. The summed E-state index contributed by atoms with van der Waals surface area (Å²) in [6.07, 6.45) is 7.41. The van der Waals surface area contributed by atoms with Gasteiger partial charge in [0.2, 0.25) is 0 Å². The summed E-state index contributed by atoms with van der Waals surface area (Å²) in [5, 5.41) is 6.07. The molecule has 0 aliphatic rings. The fraction of sp³-hybridized carbons (Fsp3) is 0.118. The van der Waals surface area contributed by atoms with Crippen molar-refractivity contribution in [3.8, 4) is 11.1 Å². The quantitative estimate of drug-likeness (QED) is 0.133. The van der Waals surface area contributed by atoms with Crippen LogP contribution >= 0.6 is 7.14 Å². The molecule has 0 saturated heterocycles. The van der Waals surface area contributed by atoms with Gasteiger partial charge < -0.3 is 4.57 Å². The van der Waals surface area contributed by atoms with Gasteiger partial charge in [0, 0.05) is 5.30 Å². The summed E-state index contributed by atoms with van der Waals surface area (Å²) in [7, 11) is -2.31. The van der Waals surface area contributed by atoms with Gasteiger partial charge in [0.15, 0.2) is 0 Å². The van der Waals surface area contributed by atoms with Crippen LogP contribution in [0.1, 0.15) is 18.1 Å². The van der Waals surface area contributed by atoms with Crippen LogP contribution in [0.25, 0.3) is 38.2 Å². The predicted octanol–water partition coefficient (Wildman–Crippen LogP) is 9.11. The highest BCUT2D eigenvalue weighted by atomic mass is 31.2. The third-order valence-corrected chi connectivity index (χ3v) is 8.36. The lowest BCUT2D eigenvalue weighted by Crippen LogP contribution is -2.03. The second kappa shape index (κ2) is 10.1. The highest BCUT2D eigenvalue weighted by molar-refractivity contribution is 7.70. The lowest BCUT2D eigenvalue weighted by molar-refractivity contribution is 0.588. The highest BCUT2D eigenvalue weighted by Crippen LogP contribution is 2.39. The molecular weight excluding hydrogens is 455 g/mol. The summed E-state index contributed by atoms with van der Waals surface area (Å²) in [6.45, 7) is 5.71. The number of benzene rings is 5. The van der Waals surface area contributed by atoms with Crippen molar-refractivity contribution in [1.82, 2.24) is 0 Å². The van der Waals surface area contributed by atoms with Gasteiger partial charge in [-0.15, -0.1) is 0 Å². The molecule has 0 aliphatic carbocycles. The zero-order valence-corrected chi connectivity index (χ0v) is 22.0. The molecule has 0 spiro atoms. The van der Waals surface area contributed by atoms with Gasteiger partial charge in [-0.25, -0.2) is 0 Å². The monoisotopic (exact) mass is 486 g/mol. The molecule has 0 N–H and O–H groups in total. The van der Waals surface area contributed by atoms with Crippen molar-refractivity contribution in [3.05, 3.63) is 132 Å². The van der Waals surface area contributed by atoms with Crippen LogP contribution in [0.5, 0.6) is 0 Å². The Balaban J connectivity index is 1.60. The summed E-state index contributed by atoms with van der Waals surface area (Å²) < 4.78 is 12.6. The molecule has 0 aliphatic heterocycles. The Hall–Kier alpha value is -3.67. The number of rotatable bonds is 6. The smallest absolute Gasteiger partial charge is 0.109 e. The van der Waals surface area contributed by atoms with E-state index in [2.05, 4.69) is 116 Å². The van der Waals surface area contributed by atoms with Gasteiger partial charge in [-0.2, -0.15) is 0 Å². The molecule has 0 bridgehead atoms. The fourth-order valence-electron chi connectivity index (χ4n) is 5.04. The van der Waals surface area contributed by atoms with E-state index in [1.165, 1.54) is 38.2 Å². The van der Waals surface area contributed by atoms with E-state index in [-0.39, 0.29) is 0 Å². The number of hydrogen-bond donors (Lipinski definition) is 0. The lowest BCUT2D eigenvalue weighted by atomic mass is 9.87. The Morgan fingerprint density at radius 2 is 1.31 bits per heavy atom. The molecule has 0 unspecified atom stereocenters. The van der Waals surface area contributed by atoms with Crippen LogP contribution < -0.4 is 5.30 Å². The van der Waals surface area contributed by atoms with Crippen LogP contribution in [0.4, 0.5) is 0 Å². The number of hydrogen-bond acceptors (Lipinski definition) is 1. The third-order valence-electron chi connectivity index (χ3n) is 6.84. The first-order chi connectivity index (χ1) is 17.5. The van der Waals surface area contributed by atoms with Gasteiger partial charge >= 0.3 is 0 Å². The van der Waals surface area contributed by atoms with Crippen molar-refractivity contribution < 1.29 is 4.57 Å². The van der Waals surface area contributed by atoms with Crippen LogP contribution in [-0.2, 0) is 11.0 Å². The van der Waals surface area contributed by atoms with Crippen molar-refractivity contribution >= 4 is 39.6 Å². The second-order valence-electron chi connectivity index (χ2n) is 9.56. The molecule has 0 atom stereocenters. The van der Waals surface area contributed by atoms with E-state index in [1.807, 2.05) is 25.5 Å². The largest absolute Gasteiger partial charge is 0.319 e. The van der Waals surface area contributed by atoms with E-state index < -0.39 is 7.14 Å². The van der Waals surface area contributed by atoms with E-state index in [9.17, 15) is 4.57 Å². The Labute approximate surface area is 214 Å². The Kier molecular flexibility index (Phi) is 6.77. The first-order valence-corrected chi connectivity index (χ1v) is 15.0. The third kappa shape index (κ3) is 4.72. The van der Waals surface area contributed by atoms with Crippen molar-refractivity contribution in [2.75, 3.05) is 13.3 Å². The minimum atomic E-state index is -2.31. The van der Waals surface area contributed by atoms with E-state index in [4.69, 9.17) is 0 Å². The molecule has 0 aromatic heterocycles.